The Morgan fingerprint density at radius 1 is 1.44 bits per heavy atom. The number of fused-ring (bicyclic) bond motifs is 1. The number of carbonyl (C=O) groups excluding carboxylic acids is 1. The molecule has 0 saturated carbocycles. The molecule has 2 fully saturated rings. The number of amides is 1. The van der Waals surface area contributed by atoms with Gasteiger partial charge in [0.05, 0.1) is 5.02 Å². The molecule has 3 rings (SSSR count). The van der Waals surface area contributed by atoms with E-state index >= 15 is 0 Å². The quantitative estimate of drug-likeness (QED) is 0.803. The molecule has 2 aliphatic heterocycles. The minimum atomic E-state index is -0.0405. The number of rotatable bonds is 1. The molecule has 1 amide bonds. The molecule has 1 aromatic heterocycles. The van der Waals surface area contributed by atoms with Crippen molar-refractivity contribution < 1.29 is 9.21 Å². The predicted molar refractivity (Wildman–Crippen MR) is 59.5 cm³/mol. The molecule has 0 bridgehead atoms. The van der Waals surface area contributed by atoms with Crippen LogP contribution in [0.5, 0.6) is 0 Å². The Morgan fingerprint density at radius 2 is 2.12 bits per heavy atom. The molecule has 2 aliphatic rings. The number of carbonyl (C=O) groups is 1. The van der Waals surface area contributed by atoms with Gasteiger partial charge in [0.2, 0.25) is 0 Å². The Hall–Kier alpha value is -1.00. The Labute approximate surface area is 98.5 Å². The molecule has 2 saturated heterocycles. The third-order valence-corrected chi connectivity index (χ3v) is 3.65. The van der Waals surface area contributed by atoms with Gasteiger partial charge in [0.25, 0.3) is 5.91 Å². The maximum atomic E-state index is 12.0. The van der Waals surface area contributed by atoms with Crippen LogP contribution in [0, 0.1) is 11.8 Å². The van der Waals surface area contributed by atoms with Gasteiger partial charge in [-0.1, -0.05) is 11.6 Å². The van der Waals surface area contributed by atoms with Crippen LogP contribution in [0.2, 0.25) is 5.02 Å². The summed E-state index contributed by atoms with van der Waals surface area (Å²) >= 11 is 5.73. The van der Waals surface area contributed by atoms with Crippen molar-refractivity contribution in [2.45, 2.75) is 0 Å². The highest BCUT2D eigenvalue weighted by molar-refractivity contribution is 6.30. The van der Waals surface area contributed by atoms with Crippen molar-refractivity contribution in [1.82, 2.24) is 10.2 Å². The van der Waals surface area contributed by atoms with Crippen molar-refractivity contribution in [1.29, 1.82) is 0 Å². The van der Waals surface area contributed by atoms with Gasteiger partial charge in [-0.15, -0.1) is 0 Å². The molecule has 0 aliphatic carbocycles. The molecule has 2 unspecified atom stereocenters. The summed E-state index contributed by atoms with van der Waals surface area (Å²) in [7, 11) is 0. The summed E-state index contributed by atoms with van der Waals surface area (Å²) in [5.41, 5.74) is 0. The average Bonchev–Trinajstić information content (AvgIpc) is 2.89. The van der Waals surface area contributed by atoms with Gasteiger partial charge in [0.15, 0.2) is 5.76 Å². The molecule has 5 heteroatoms. The van der Waals surface area contributed by atoms with Crippen molar-refractivity contribution >= 4 is 17.5 Å². The molecule has 1 N–H and O–H groups in total. The summed E-state index contributed by atoms with van der Waals surface area (Å²) in [6.07, 6.45) is 1.40. The Morgan fingerprint density at radius 3 is 2.69 bits per heavy atom. The predicted octanol–water partition coefficient (Wildman–Crippen LogP) is 1.22. The first-order valence-corrected chi connectivity index (χ1v) is 5.86. The van der Waals surface area contributed by atoms with E-state index in [0.29, 0.717) is 22.6 Å². The number of likely N-dealkylation sites (tertiary alicyclic amines) is 1. The van der Waals surface area contributed by atoms with Crippen molar-refractivity contribution in [3.05, 3.63) is 23.1 Å². The second-order valence-electron chi connectivity index (χ2n) is 4.52. The summed E-state index contributed by atoms with van der Waals surface area (Å²) in [6, 6.07) is 1.58. The summed E-state index contributed by atoms with van der Waals surface area (Å²) in [5, 5.41) is 3.82. The number of hydrogen-bond donors (Lipinski definition) is 1. The molecule has 2 atom stereocenters. The largest absolute Gasteiger partial charge is 0.458 e. The fourth-order valence-electron chi connectivity index (χ4n) is 2.60. The zero-order chi connectivity index (χ0) is 11.1. The minimum absolute atomic E-state index is 0.0405. The van der Waals surface area contributed by atoms with Crippen LogP contribution in [0.25, 0.3) is 0 Å². The summed E-state index contributed by atoms with van der Waals surface area (Å²) in [5.74, 6) is 1.52. The summed E-state index contributed by atoms with van der Waals surface area (Å²) in [4.78, 5) is 13.9. The van der Waals surface area contributed by atoms with Gasteiger partial charge in [-0.05, 0) is 11.8 Å². The van der Waals surface area contributed by atoms with E-state index in [2.05, 4.69) is 5.32 Å². The van der Waals surface area contributed by atoms with Gasteiger partial charge >= 0.3 is 0 Å². The zero-order valence-corrected chi connectivity index (χ0v) is 9.54. The smallest absolute Gasteiger partial charge is 0.289 e. The number of halogens is 1. The van der Waals surface area contributed by atoms with Crippen LogP contribution in [0.15, 0.2) is 16.7 Å². The highest BCUT2D eigenvalue weighted by Gasteiger charge is 2.38. The number of nitrogens with zero attached hydrogens (tertiary/aromatic N) is 1. The molecular formula is C11H13ClN2O2. The Kier molecular flexibility index (Phi) is 2.41. The van der Waals surface area contributed by atoms with Crippen LogP contribution in [0.4, 0.5) is 0 Å². The molecule has 86 valence electrons. The molecule has 0 radical (unpaired) electrons. The Bertz CT molecular complexity index is 406. The molecule has 1 aromatic rings. The van der Waals surface area contributed by atoms with Crippen molar-refractivity contribution in [3.8, 4) is 0 Å². The van der Waals surface area contributed by atoms with Gasteiger partial charge in [0, 0.05) is 32.2 Å². The second kappa shape index (κ2) is 3.79. The van der Waals surface area contributed by atoms with E-state index in [1.165, 1.54) is 6.26 Å². The molecule has 3 heterocycles. The molecule has 0 spiro atoms. The van der Waals surface area contributed by atoms with Crippen LogP contribution in [-0.2, 0) is 0 Å². The van der Waals surface area contributed by atoms with Crippen LogP contribution in [0.1, 0.15) is 10.6 Å². The van der Waals surface area contributed by atoms with E-state index in [-0.39, 0.29) is 5.91 Å². The lowest BCUT2D eigenvalue weighted by atomic mass is 10.0. The lowest BCUT2D eigenvalue weighted by Gasteiger charge is -2.15. The lowest BCUT2D eigenvalue weighted by molar-refractivity contribution is 0.0750. The number of hydrogen-bond acceptors (Lipinski definition) is 3. The lowest BCUT2D eigenvalue weighted by Crippen LogP contribution is -2.31. The second-order valence-corrected chi connectivity index (χ2v) is 4.95. The van der Waals surface area contributed by atoms with Crippen molar-refractivity contribution in [2.24, 2.45) is 11.8 Å². The summed E-state index contributed by atoms with van der Waals surface area (Å²) in [6.45, 7) is 3.70. The maximum absolute atomic E-state index is 12.0. The average molecular weight is 241 g/mol. The van der Waals surface area contributed by atoms with Gasteiger partial charge in [-0.2, -0.15) is 0 Å². The Balaban J connectivity index is 1.73. The molecular weight excluding hydrogens is 228 g/mol. The van der Waals surface area contributed by atoms with E-state index in [1.807, 2.05) is 4.90 Å². The first kappa shape index (κ1) is 10.2. The van der Waals surface area contributed by atoms with E-state index in [0.717, 1.165) is 26.2 Å². The van der Waals surface area contributed by atoms with Crippen LogP contribution >= 0.6 is 11.6 Å². The zero-order valence-electron chi connectivity index (χ0n) is 8.78. The van der Waals surface area contributed by atoms with Gasteiger partial charge in [0.1, 0.15) is 6.26 Å². The van der Waals surface area contributed by atoms with Gasteiger partial charge in [-0.3, -0.25) is 4.79 Å². The first-order valence-electron chi connectivity index (χ1n) is 5.48. The van der Waals surface area contributed by atoms with Gasteiger partial charge in [-0.25, -0.2) is 0 Å². The molecule has 4 nitrogen and oxygen atoms in total. The third-order valence-electron chi connectivity index (χ3n) is 3.45. The highest BCUT2D eigenvalue weighted by Crippen LogP contribution is 2.28. The van der Waals surface area contributed by atoms with Crippen LogP contribution < -0.4 is 5.32 Å². The normalized spacial score (nSPS) is 28.4. The standard InChI is InChI=1S/C11H13ClN2O2/c12-9-1-10(16-6-9)11(15)14-4-7-2-13-3-8(7)5-14/h1,6-8,13H,2-5H2. The van der Waals surface area contributed by atoms with E-state index in [1.54, 1.807) is 6.07 Å². The van der Waals surface area contributed by atoms with Crippen LogP contribution in [-0.4, -0.2) is 37.0 Å². The number of furan rings is 1. The van der Waals surface area contributed by atoms with E-state index in [9.17, 15) is 4.79 Å². The first-order chi connectivity index (χ1) is 7.74. The SMILES string of the molecule is O=C(c1cc(Cl)co1)N1CC2CNCC2C1. The summed E-state index contributed by atoms with van der Waals surface area (Å²) < 4.78 is 5.12. The fraction of sp³-hybridized carbons (Fsp3) is 0.545. The molecule has 16 heavy (non-hydrogen) atoms. The third kappa shape index (κ3) is 1.62. The monoisotopic (exact) mass is 240 g/mol. The number of nitrogens with one attached hydrogen (secondary N) is 1. The topological polar surface area (TPSA) is 45.5 Å². The van der Waals surface area contributed by atoms with Crippen molar-refractivity contribution in [2.75, 3.05) is 26.2 Å². The minimum Gasteiger partial charge on any atom is -0.458 e. The van der Waals surface area contributed by atoms with E-state index in [4.69, 9.17) is 16.0 Å². The maximum Gasteiger partial charge on any atom is 0.289 e. The fourth-order valence-corrected chi connectivity index (χ4v) is 2.75. The molecule has 0 aromatic carbocycles. The van der Waals surface area contributed by atoms with Crippen LogP contribution in [0.3, 0.4) is 0 Å². The van der Waals surface area contributed by atoms with E-state index < -0.39 is 0 Å². The van der Waals surface area contributed by atoms with Crippen molar-refractivity contribution in [3.63, 3.8) is 0 Å². The highest BCUT2D eigenvalue weighted by atomic mass is 35.5. The van der Waals surface area contributed by atoms with Gasteiger partial charge < -0.3 is 14.6 Å².